The van der Waals surface area contributed by atoms with Gasteiger partial charge in [-0.15, -0.1) is 0 Å². The molecule has 0 bridgehead atoms. The monoisotopic (exact) mass is 262 g/mol. The van der Waals surface area contributed by atoms with Crippen LogP contribution in [0.2, 0.25) is 0 Å². The van der Waals surface area contributed by atoms with Gasteiger partial charge in [0, 0.05) is 18.0 Å². The quantitative estimate of drug-likeness (QED) is 0.856. The molecule has 0 aliphatic heterocycles. The SMILES string of the molecule is CCC(C)NC(=O)CCC(C#N)c1ccccc1F. The minimum absolute atomic E-state index is 0.0917. The van der Waals surface area contributed by atoms with Crippen LogP contribution < -0.4 is 5.32 Å². The zero-order valence-corrected chi connectivity index (χ0v) is 11.3. The van der Waals surface area contributed by atoms with Crippen molar-refractivity contribution in [3.8, 4) is 6.07 Å². The maximum Gasteiger partial charge on any atom is 0.220 e. The maximum absolute atomic E-state index is 13.6. The molecule has 0 aliphatic carbocycles. The molecule has 1 aromatic carbocycles. The van der Waals surface area contributed by atoms with Crippen LogP contribution in [0.5, 0.6) is 0 Å². The summed E-state index contributed by atoms with van der Waals surface area (Å²) in [5.74, 6) is -1.06. The lowest BCUT2D eigenvalue weighted by atomic mass is 9.95. The number of carbonyl (C=O) groups excluding carboxylic acids is 1. The summed E-state index contributed by atoms with van der Waals surface area (Å²) in [5.41, 5.74) is 0.362. The first-order chi connectivity index (χ1) is 9.08. The first-order valence-corrected chi connectivity index (χ1v) is 6.51. The number of nitrogens with zero attached hydrogens (tertiary/aromatic N) is 1. The number of amides is 1. The molecule has 0 saturated carbocycles. The predicted octanol–water partition coefficient (Wildman–Crippen LogP) is 3.13. The molecule has 0 saturated heterocycles. The molecule has 1 N–H and O–H groups in total. The van der Waals surface area contributed by atoms with Gasteiger partial charge in [-0.2, -0.15) is 5.26 Å². The van der Waals surface area contributed by atoms with Crippen LogP contribution in [0.15, 0.2) is 24.3 Å². The third-order valence-corrected chi connectivity index (χ3v) is 3.12. The molecule has 0 fully saturated rings. The molecule has 0 heterocycles. The molecule has 0 aliphatic rings. The van der Waals surface area contributed by atoms with Crippen molar-refractivity contribution in [2.24, 2.45) is 0 Å². The molecule has 0 aromatic heterocycles. The Morgan fingerprint density at radius 1 is 1.47 bits per heavy atom. The van der Waals surface area contributed by atoms with E-state index in [-0.39, 0.29) is 18.4 Å². The molecule has 2 unspecified atom stereocenters. The molecule has 19 heavy (non-hydrogen) atoms. The highest BCUT2D eigenvalue weighted by molar-refractivity contribution is 5.76. The molecule has 1 rings (SSSR count). The van der Waals surface area contributed by atoms with Crippen LogP contribution in [0.25, 0.3) is 0 Å². The van der Waals surface area contributed by atoms with E-state index in [1.807, 2.05) is 13.8 Å². The number of nitriles is 1. The van der Waals surface area contributed by atoms with E-state index in [2.05, 4.69) is 11.4 Å². The van der Waals surface area contributed by atoms with Gasteiger partial charge in [-0.3, -0.25) is 4.79 Å². The van der Waals surface area contributed by atoms with E-state index in [1.165, 1.54) is 6.07 Å². The molecule has 1 aromatic rings. The van der Waals surface area contributed by atoms with E-state index in [1.54, 1.807) is 18.2 Å². The molecule has 0 spiro atoms. The minimum Gasteiger partial charge on any atom is -0.354 e. The summed E-state index contributed by atoms with van der Waals surface area (Å²) in [6.07, 6.45) is 1.43. The number of hydrogen-bond donors (Lipinski definition) is 1. The van der Waals surface area contributed by atoms with Gasteiger partial charge >= 0.3 is 0 Å². The fourth-order valence-electron chi connectivity index (χ4n) is 1.77. The standard InChI is InChI=1S/C15H19FN2O/c1-3-11(2)18-15(19)9-8-12(10-17)13-6-4-5-7-14(13)16/h4-7,11-12H,3,8-9H2,1-2H3,(H,18,19). The van der Waals surface area contributed by atoms with Crippen molar-refractivity contribution in [2.75, 3.05) is 0 Å². The molecule has 2 atom stereocenters. The molecule has 4 heteroatoms. The Morgan fingerprint density at radius 3 is 2.74 bits per heavy atom. The maximum atomic E-state index is 13.6. The smallest absolute Gasteiger partial charge is 0.220 e. The van der Waals surface area contributed by atoms with E-state index >= 15 is 0 Å². The second-order valence-electron chi connectivity index (χ2n) is 4.62. The highest BCUT2D eigenvalue weighted by Crippen LogP contribution is 2.23. The van der Waals surface area contributed by atoms with Crippen molar-refractivity contribution in [3.05, 3.63) is 35.6 Å². The van der Waals surface area contributed by atoms with Gasteiger partial charge in [-0.1, -0.05) is 25.1 Å². The summed E-state index contributed by atoms with van der Waals surface area (Å²) in [6.45, 7) is 3.92. The van der Waals surface area contributed by atoms with E-state index in [0.29, 0.717) is 12.0 Å². The molecule has 102 valence electrons. The second-order valence-corrected chi connectivity index (χ2v) is 4.62. The Kier molecular flexibility index (Phi) is 6.01. The Hall–Kier alpha value is -1.89. The van der Waals surface area contributed by atoms with Crippen molar-refractivity contribution in [1.29, 1.82) is 5.26 Å². The largest absolute Gasteiger partial charge is 0.354 e. The Bertz CT molecular complexity index is 467. The van der Waals surface area contributed by atoms with Gasteiger partial charge < -0.3 is 5.32 Å². The normalized spacial score (nSPS) is 13.4. The lowest BCUT2D eigenvalue weighted by molar-refractivity contribution is -0.121. The van der Waals surface area contributed by atoms with E-state index in [0.717, 1.165) is 6.42 Å². The number of halogens is 1. The lowest BCUT2D eigenvalue weighted by Gasteiger charge is -2.13. The summed E-state index contributed by atoms with van der Waals surface area (Å²) in [4.78, 5) is 11.6. The van der Waals surface area contributed by atoms with Crippen LogP contribution in [-0.4, -0.2) is 11.9 Å². The highest BCUT2D eigenvalue weighted by Gasteiger charge is 2.16. The Balaban J connectivity index is 2.58. The van der Waals surface area contributed by atoms with Gasteiger partial charge in [0.05, 0.1) is 12.0 Å². The highest BCUT2D eigenvalue weighted by atomic mass is 19.1. The van der Waals surface area contributed by atoms with Crippen molar-refractivity contribution in [3.63, 3.8) is 0 Å². The fraction of sp³-hybridized carbons (Fsp3) is 0.467. The molecule has 3 nitrogen and oxygen atoms in total. The van der Waals surface area contributed by atoms with E-state index in [4.69, 9.17) is 5.26 Å². The van der Waals surface area contributed by atoms with E-state index in [9.17, 15) is 9.18 Å². The molecular formula is C15H19FN2O. The van der Waals surface area contributed by atoms with Gasteiger partial charge in [0.15, 0.2) is 0 Å². The average Bonchev–Trinajstić information content (AvgIpc) is 2.41. The third kappa shape index (κ3) is 4.70. The Morgan fingerprint density at radius 2 is 2.16 bits per heavy atom. The summed E-state index contributed by atoms with van der Waals surface area (Å²) >= 11 is 0. The van der Waals surface area contributed by atoms with Gasteiger partial charge in [0.1, 0.15) is 5.82 Å². The number of carbonyl (C=O) groups is 1. The predicted molar refractivity (Wildman–Crippen MR) is 71.9 cm³/mol. The zero-order valence-electron chi connectivity index (χ0n) is 11.3. The van der Waals surface area contributed by atoms with Crippen molar-refractivity contribution < 1.29 is 9.18 Å². The zero-order chi connectivity index (χ0) is 14.3. The summed E-state index contributed by atoms with van der Waals surface area (Å²) in [7, 11) is 0. The summed E-state index contributed by atoms with van der Waals surface area (Å²) < 4.78 is 13.6. The number of hydrogen-bond acceptors (Lipinski definition) is 2. The average molecular weight is 262 g/mol. The van der Waals surface area contributed by atoms with Gasteiger partial charge in [0.25, 0.3) is 0 Å². The molecular weight excluding hydrogens is 243 g/mol. The minimum atomic E-state index is -0.580. The lowest BCUT2D eigenvalue weighted by Crippen LogP contribution is -2.31. The van der Waals surface area contributed by atoms with Crippen molar-refractivity contribution in [1.82, 2.24) is 5.32 Å². The van der Waals surface area contributed by atoms with Crippen molar-refractivity contribution >= 4 is 5.91 Å². The molecule has 0 radical (unpaired) electrons. The topological polar surface area (TPSA) is 52.9 Å². The second kappa shape index (κ2) is 7.52. The van der Waals surface area contributed by atoms with Gasteiger partial charge in [-0.25, -0.2) is 4.39 Å². The number of nitrogens with one attached hydrogen (secondary N) is 1. The van der Waals surface area contributed by atoms with E-state index < -0.39 is 11.7 Å². The third-order valence-electron chi connectivity index (χ3n) is 3.12. The van der Waals surface area contributed by atoms with Crippen LogP contribution >= 0.6 is 0 Å². The van der Waals surface area contributed by atoms with Crippen LogP contribution in [0, 0.1) is 17.1 Å². The van der Waals surface area contributed by atoms with Gasteiger partial charge in [-0.05, 0) is 25.8 Å². The molecule has 1 amide bonds. The number of rotatable bonds is 6. The van der Waals surface area contributed by atoms with Crippen molar-refractivity contribution in [2.45, 2.75) is 45.1 Å². The Labute approximate surface area is 113 Å². The van der Waals surface area contributed by atoms with Crippen LogP contribution in [-0.2, 0) is 4.79 Å². The summed E-state index contributed by atoms with van der Waals surface area (Å²) in [5, 5.41) is 11.9. The van der Waals surface area contributed by atoms with Crippen LogP contribution in [0.1, 0.15) is 44.6 Å². The van der Waals surface area contributed by atoms with Gasteiger partial charge in [0.2, 0.25) is 5.91 Å². The first kappa shape index (κ1) is 15.2. The van der Waals surface area contributed by atoms with Crippen LogP contribution in [0.4, 0.5) is 4.39 Å². The summed E-state index contributed by atoms with van der Waals surface area (Å²) in [6, 6.07) is 8.40. The first-order valence-electron chi connectivity index (χ1n) is 6.51. The number of benzene rings is 1. The fourth-order valence-corrected chi connectivity index (χ4v) is 1.77. The van der Waals surface area contributed by atoms with Crippen LogP contribution in [0.3, 0.4) is 0 Å².